The fraction of sp³-hybridized carbons (Fsp3) is 0.400. The van der Waals surface area contributed by atoms with Crippen molar-refractivity contribution < 1.29 is 9.59 Å². The van der Waals surface area contributed by atoms with Gasteiger partial charge in [-0.15, -0.1) is 0 Å². The van der Waals surface area contributed by atoms with Gasteiger partial charge >= 0.3 is 0 Å². The summed E-state index contributed by atoms with van der Waals surface area (Å²) in [4.78, 5) is 34.7. The Morgan fingerprint density at radius 2 is 2.15 bits per heavy atom. The minimum Gasteiger partial charge on any atom is -0.383 e. The summed E-state index contributed by atoms with van der Waals surface area (Å²) in [5.41, 5.74) is 2.92. The summed E-state index contributed by atoms with van der Waals surface area (Å²) < 4.78 is 0. The Hall–Kier alpha value is -2.96. The Kier molecular flexibility index (Phi) is 6.35. The third kappa shape index (κ3) is 5.26. The van der Waals surface area contributed by atoms with Crippen LogP contribution in [-0.4, -0.2) is 46.3 Å². The summed E-state index contributed by atoms with van der Waals surface area (Å²) in [5.74, 6) is -0.0876. The molecule has 0 aliphatic carbocycles. The minimum atomic E-state index is -0.172. The average molecular weight is 367 g/mol. The molecular weight excluding hydrogens is 342 g/mol. The number of nitrogens with zero attached hydrogens (tertiary/aromatic N) is 3. The molecule has 0 radical (unpaired) electrons. The molecule has 1 saturated heterocycles. The number of aromatic nitrogens is 2. The summed E-state index contributed by atoms with van der Waals surface area (Å²) in [6.45, 7) is 4.05. The second-order valence-electron chi connectivity index (χ2n) is 6.74. The van der Waals surface area contributed by atoms with Gasteiger partial charge in [-0.1, -0.05) is 6.07 Å². The highest BCUT2D eigenvalue weighted by Gasteiger charge is 2.30. The van der Waals surface area contributed by atoms with Gasteiger partial charge in [-0.25, -0.2) is 0 Å². The van der Waals surface area contributed by atoms with E-state index in [4.69, 9.17) is 0 Å². The Bertz CT molecular complexity index is 781. The fourth-order valence-electron chi connectivity index (χ4n) is 3.17. The van der Waals surface area contributed by atoms with Gasteiger partial charge in [-0.2, -0.15) is 0 Å². The molecule has 142 valence electrons. The van der Waals surface area contributed by atoms with E-state index in [1.54, 1.807) is 23.5 Å². The van der Waals surface area contributed by atoms with E-state index in [1.807, 2.05) is 31.2 Å². The van der Waals surface area contributed by atoms with E-state index in [-0.39, 0.29) is 17.7 Å². The molecule has 0 bridgehead atoms. The number of hydrogen-bond acceptors (Lipinski definition) is 5. The Morgan fingerprint density at radius 3 is 2.93 bits per heavy atom. The molecule has 2 aromatic heterocycles. The van der Waals surface area contributed by atoms with Gasteiger partial charge in [0.05, 0.1) is 18.2 Å². The van der Waals surface area contributed by atoms with Crippen LogP contribution in [0.1, 0.15) is 24.1 Å². The molecule has 27 heavy (non-hydrogen) atoms. The first-order valence-electron chi connectivity index (χ1n) is 9.23. The van der Waals surface area contributed by atoms with Crippen LogP contribution in [0.5, 0.6) is 0 Å². The molecule has 1 aliphatic rings. The van der Waals surface area contributed by atoms with E-state index >= 15 is 0 Å². The normalized spacial score (nSPS) is 16.9. The second kappa shape index (κ2) is 9.12. The number of amides is 2. The van der Waals surface area contributed by atoms with Crippen LogP contribution in [0.3, 0.4) is 0 Å². The van der Waals surface area contributed by atoms with Crippen molar-refractivity contribution in [3.05, 3.63) is 54.1 Å². The first-order chi connectivity index (χ1) is 13.1. The molecule has 7 nitrogen and oxygen atoms in total. The van der Waals surface area contributed by atoms with Crippen molar-refractivity contribution in [2.75, 3.05) is 25.0 Å². The third-order valence-corrected chi connectivity index (χ3v) is 4.71. The van der Waals surface area contributed by atoms with Crippen LogP contribution in [0.25, 0.3) is 0 Å². The van der Waals surface area contributed by atoms with E-state index in [1.165, 1.54) is 0 Å². The van der Waals surface area contributed by atoms with Gasteiger partial charge in [-0.3, -0.25) is 19.6 Å². The zero-order valence-corrected chi connectivity index (χ0v) is 15.5. The molecule has 0 saturated carbocycles. The average Bonchev–Trinajstić information content (AvgIpc) is 2.69. The number of piperidine rings is 1. The van der Waals surface area contributed by atoms with E-state index in [2.05, 4.69) is 20.6 Å². The highest BCUT2D eigenvalue weighted by Crippen LogP contribution is 2.19. The van der Waals surface area contributed by atoms with Gasteiger partial charge in [0, 0.05) is 50.3 Å². The van der Waals surface area contributed by atoms with Crippen LogP contribution in [0.15, 0.2) is 42.9 Å². The number of nitrogens with one attached hydrogen (secondary N) is 2. The Morgan fingerprint density at radius 1 is 1.26 bits per heavy atom. The lowest BCUT2D eigenvalue weighted by Gasteiger charge is -2.31. The first kappa shape index (κ1) is 18.8. The number of carbonyl (C=O) groups is 2. The monoisotopic (exact) mass is 367 g/mol. The topological polar surface area (TPSA) is 87.2 Å². The molecule has 1 fully saturated rings. The van der Waals surface area contributed by atoms with Crippen LogP contribution in [0.2, 0.25) is 0 Å². The van der Waals surface area contributed by atoms with E-state index < -0.39 is 0 Å². The Labute approximate surface area is 159 Å². The maximum Gasteiger partial charge on any atom is 0.224 e. The maximum atomic E-state index is 12.5. The molecule has 2 N–H and O–H groups in total. The van der Waals surface area contributed by atoms with Gasteiger partial charge in [0.1, 0.15) is 0 Å². The first-order valence-corrected chi connectivity index (χ1v) is 9.23. The highest BCUT2D eigenvalue weighted by atomic mass is 16.2. The molecule has 0 spiro atoms. The molecule has 2 aromatic rings. The van der Waals surface area contributed by atoms with Gasteiger partial charge in [-0.05, 0) is 37.1 Å². The number of hydrogen-bond donors (Lipinski definition) is 2. The number of rotatable bonds is 7. The molecule has 2 amide bonds. The van der Waals surface area contributed by atoms with Crippen molar-refractivity contribution in [2.24, 2.45) is 5.92 Å². The van der Waals surface area contributed by atoms with E-state index in [0.29, 0.717) is 39.0 Å². The van der Waals surface area contributed by atoms with Crippen LogP contribution in [0, 0.1) is 12.8 Å². The maximum absolute atomic E-state index is 12.5. The van der Waals surface area contributed by atoms with Crippen LogP contribution in [0.4, 0.5) is 5.69 Å². The summed E-state index contributed by atoms with van der Waals surface area (Å²) in [6, 6.07) is 7.56. The summed E-state index contributed by atoms with van der Waals surface area (Å²) >= 11 is 0. The zero-order chi connectivity index (χ0) is 19.1. The molecule has 0 aromatic carbocycles. The molecule has 1 aliphatic heterocycles. The van der Waals surface area contributed by atoms with Crippen molar-refractivity contribution in [1.29, 1.82) is 0 Å². The highest BCUT2D eigenvalue weighted by molar-refractivity contribution is 5.83. The van der Waals surface area contributed by atoms with Crippen LogP contribution >= 0.6 is 0 Å². The van der Waals surface area contributed by atoms with Gasteiger partial charge in [0.2, 0.25) is 11.8 Å². The summed E-state index contributed by atoms with van der Waals surface area (Å²) in [5, 5.41) is 6.26. The predicted octanol–water partition coefficient (Wildman–Crippen LogP) is 1.75. The summed E-state index contributed by atoms with van der Waals surface area (Å²) in [7, 11) is 0. The smallest absolute Gasteiger partial charge is 0.224 e. The zero-order valence-electron chi connectivity index (χ0n) is 15.5. The van der Waals surface area contributed by atoms with E-state index in [0.717, 1.165) is 16.9 Å². The van der Waals surface area contributed by atoms with Gasteiger partial charge < -0.3 is 15.5 Å². The molecular formula is C20H25N5O2. The van der Waals surface area contributed by atoms with Crippen molar-refractivity contribution in [3.63, 3.8) is 0 Å². The fourth-order valence-corrected chi connectivity index (χ4v) is 3.17. The largest absolute Gasteiger partial charge is 0.383 e. The standard InChI is InChI=1S/C20H25N5O2/c1-15-12-21-9-7-18(15)23-10-11-24-20(27)16-5-6-19(26)25(13-16)14-17-4-2-3-8-22-17/h2-4,7-9,12,16H,5-6,10-11,13-14H2,1H3,(H,21,23)(H,24,27). The molecule has 3 rings (SSSR count). The Balaban J connectivity index is 1.45. The number of anilines is 1. The molecule has 1 unspecified atom stereocenters. The van der Waals surface area contributed by atoms with Crippen molar-refractivity contribution >= 4 is 17.5 Å². The molecule has 3 heterocycles. The molecule has 1 atom stereocenters. The lowest BCUT2D eigenvalue weighted by molar-refractivity contribution is -0.138. The van der Waals surface area contributed by atoms with E-state index in [9.17, 15) is 9.59 Å². The van der Waals surface area contributed by atoms with Crippen LogP contribution < -0.4 is 10.6 Å². The second-order valence-corrected chi connectivity index (χ2v) is 6.74. The van der Waals surface area contributed by atoms with Crippen molar-refractivity contribution in [3.8, 4) is 0 Å². The van der Waals surface area contributed by atoms with Crippen molar-refractivity contribution in [2.45, 2.75) is 26.3 Å². The third-order valence-electron chi connectivity index (χ3n) is 4.71. The minimum absolute atomic E-state index is 0.00164. The quantitative estimate of drug-likeness (QED) is 0.728. The van der Waals surface area contributed by atoms with Gasteiger partial charge in [0.25, 0.3) is 0 Å². The SMILES string of the molecule is Cc1cnccc1NCCNC(=O)C1CCC(=O)N(Cc2ccccn2)C1. The molecule has 7 heteroatoms. The number of aryl methyl sites for hydroxylation is 1. The lowest BCUT2D eigenvalue weighted by atomic mass is 9.96. The predicted molar refractivity (Wildman–Crippen MR) is 103 cm³/mol. The number of pyridine rings is 2. The van der Waals surface area contributed by atoms with Gasteiger partial charge in [0.15, 0.2) is 0 Å². The summed E-state index contributed by atoms with van der Waals surface area (Å²) in [6.07, 6.45) is 6.25. The number of carbonyl (C=O) groups excluding carboxylic acids is 2. The lowest BCUT2D eigenvalue weighted by Crippen LogP contribution is -2.46. The van der Waals surface area contributed by atoms with Crippen molar-refractivity contribution in [1.82, 2.24) is 20.2 Å². The van der Waals surface area contributed by atoms with Crippen LogP contribution in [-0.2, 0) is 16.1 Å². The number of likely N-dealkylation sites (tertiary alicyclic amines) is 1.